The molecule has 31 heavy (non-hydrogen) atoms. The Hall–Kier alpha value is -3.28. The van der Waals surface area contributed by atoms with Crippen LogP contribution in [0, 0.1) is 0 Å². The maximum absolute atomic E-state index is 13.3. The third kappa shape index (κ3) is 4.58. The number of ether oxygens (including phenoxy) is 1. The van der Waals surface area contributed by atoms with Gasteiger partial charge in [0.2, 0.25) is 5.88 Å². The standard InChI is InChI=1S/C25H28N4O2/c1-3-4-5-6-7-12-29-17-28-24-20-10-11-26-16-22(20)19(14-21(24)25(29)30)13-18-8-9-23(31-2)27-15-18/h8-11,14-17H,3-7,12-13H2,1-2H3. The van der Waals surface area contributed by atoms with Gasteiger partial charge in [0.25, 0.3) is 5.56 Å². The Labute approximate surface area is 181 Å². The summed E-state index contributed by atoms with van der Waals surface area (Å²) in [5, 5.41) is 2.62. The first-order valence-electron chi connectivity index (χ1n) is 10.9. The van der Waals surface area contributed by atoms with E-state index in [-0.39, 0.29) is 5.56 Å². The molecule has 0 saturated heterocycles. The van der Waals surface area contributed by atoms with E-state index in [2.05, 4.69) is 21.9 Å². The van der Waals surface area contributed by atoms with Crippen LogP contribution in [0.2, 0.25) is 0 Å². The number of hydrogen-bond donors (Lipinski definition) is 0. The highest BCUT2D eigenvalue weighted by molar-refractivity contribution is 6.06. The average molecular weight is 417 g/mol. The van der Waals surface area contributed by atoms with Gasteiger partial charge in [0.15, 0.2) is 0 Å². The van der Waals surface area contributed by atoms with Crippen molar-refractivity contribution in [3.8, 4) is 5.88 Å². The summed E-state index contributed by atoms with van der Waals surface area (Å²) in [5.41, 5.74) is 2.85. The lowest BCUT2D eigenvalue weighted by Gasteiger charge is -2.12. The highest BCUT2D eigenvalue weighted by atomic mass is 16.5. The Kier molecular flexibility index (Phi) is 6.55. The Balaban J connectivity index is 1.72. The third-order valence-electron chi connectivity index (χ3n) is 5.72. The second-order valence-electron chi connectivity index (χ2n) is 7.90. The van der Waals surface area contributed by atoms with Crippen molar-refractivity contribution in [1.82, 2.24) is 19.5 Å². The van der Waals surface area contributed by atoms with Crippen molar-refractivity contribution in [3.05, 3.63) is 70.7 Å². The predicted molar refractivity (Wildman–Crippen MR) is 124 cm³/mol. The zero-order valence-corrected chi connectivity index (χ0v) is 18.2. The van der Waals surface area contributed by atoms with Crippen molar-refractivity contribution in [3.63, 3.8) is 0 Å². The van der Waals surface area contributed by atoms with Gasteiger partial charge in [0.1, 0.15) is 0 Å². The lowest BCUT2D eigenvalue weighted by molar-refractivity contribution is 0.397. The van der Waals surface area contributed by atoms with Crippen LogP contribution < -0.4 is 10.3 Å². The van der Waals surface area contributed by atoms with Gasteiger partial charge < -0.3 is 4.74 Å². The molecule has 4 aromatic rings. The maximum atomic E-state index is 13.3. The first kappa shape index (κ1) is 21.0. The lowest BCUT2D eigenvalue weighted by Crippen LogP contribution is -2.21. The SMILES string of the molecule is CCCCCCCn1cnc2c(cc(Cc3ccc(OC)nc3)c3cnccc32)c1=O. The van der Waals surface area contributed by atoms with Crippen molar-refractivity contribution < 1.29 is 4.74 Å². The number of rotatable bonds is 9. The molecule has 4 rings (SSSR count). The molecule has 6 nitrogen and oxygen atoms in total. The zero-order chi connectivity index (χ0) is 21.6. The van der Waals surface area contributed by atoms with Crippen molar-refractivity contribution in [2.45, 2.75) is 52.0 Å². The molecule has 0 N–H and O–H groups in total. The molecule has 0 amide bonds. The molecular formula is C25H28N4O2. The van der Waals surface area contributed by atoms with Crippen LogP contribution in [0.1, 0.15) is 50.2 Å². The first-order valence-corrected chi connectivity index (χ1v) is 10.9. The Morgan fingerprint density at radius 1 is 0.968 bits per heavy atom. The fourth-order valence-corrected chi connectivity index (χ4v) is 4.01. The maximum Gasteiger partial charge on any atom is 0.261 e. The predicted octanol–water partition coefficient (Wildman–Crippen LogP) is 4.91. The number of nitrogens with zero attached hydrogens (tertiary/aromatic N) is 4. The van der Waals surface area contributed by atoms with Crippen LogP contribution in [0.25, 0.3) is 21.7 Å². The molecule has 0 aliphatic carbocycles. The molecule has 0 aliphatic heterocycles. The number of unbranched alkanes of at least 4 members (excludes halogenated alkanes) is 4. The summed E-state index contributed by atoms with van der Waals surface area (Å²) in [7, 11) is 1.60. The van der Waals surface area contributed by atoms with E-state index in [9.17, 15) is 4.79 Å². The van der Waals surface area contributed by atoms with Gasteiger partial charge in [-0.2, -0.15) is 0 Å². The molecule has 0 spiro atoms. The molecule has 0 bridgehead atoms. The van der Waals surface area contributed by atoms with Crippen molar-refractivity contribution in [2.24, 2.45) is 0 Å². The number of pyridine rings is 2. The monoisotopic (exact) mass is 416 g/mol. The van der Waals surface area contributed by atoms with Crippen LogP contribution >= 0.6 is 0 Å². The van der Waals surface area contributed by atoms with Crippen LogP contribution in [0.4, 0.5) is 0 Å². The van der Waals surface area contributed by atoms with E-state index in [1.165, 1.54) is 19.3 Å². The van der Waals surface area contributed by atoms with Gasteiger partial charge in [-0.25, -0.2) is 9.97 Å². The Bertz CT molecular complexity index is 1230. The van der Waals surface area contributed by atoms with Crippen LogP contribution in [0.3, 0.4) is 0 Å². The minimum Gasteiger partial charge on any atom is -0.481 e. The molecule has 0 aliphatic rings. The number of aryl methyl sites for hydroxylation is 1. The molecule has 0 saturated carbocycles. The number of benzene rings is 1. The quantitative estimate of drug-likeness (QED) is 0.286. The molecular weight excluding hydrogens is 388 g/mol. The number of fused-ring (bicyclic) bond motifs is 3. The van der Waals surface area contributed by atoms with Gasteiger partial charge >= 0.3 is 0 Å². The Morgan fingerprint density at radius 2 is 1.84 bits per heavy atom. The lowest BCUT2D eigenvalue weighted by atomic mass is 9.98. The van der Waals surface area contributed by atoms with Gasteiger partial charge in [-0.3, -0.25) is 14.3 Å². The summed E-state index contributed by atoms with van der Waals surface area (Å²) in [5.74, 6) is 0.583. The van der Waals surface area contributed by atoms with Gasteiger partial charge in [-0.1, -0.05) is 38.7 Å². The minimum atomic E-state index is 0.0216. The molecule has 1 aromatic carbocycles. The summed E-state index contributed by atoms with van der Waals surface area (Å²) >= 11 is 0. The van der Waals surface area contributed by atoms with Crippen LogP contribution in [0.15, 0.2) is 54.0 Å². The first-order chi connectivity index (χ1) is 15.2. The van der Waals surface area contributed by atoms with E-state index in [1.54, 1.807) is 24.2 Å². The normalized spacial score (nSPS) is 11.3. The van der Waals surface area contributed by atoms with Crippen LogP contribution in [-0.4, -0.2) is 26.6 Å². The Morgan fingerprint density at radius 3 is 2.61 bits per heavy atom. The molecule has 0 unspecified atom stereocenters. The fourth-order valence-electron chi connectivity index (χ4n) is 4.01. The highest BCUT2D eigenvalue weighted by Gasteiger charge is 2.13. The van der Waals surface area contributed by atoms with Crippen molar-refractivity contribution in [1.29, 1.82) is 0 Å². The van der Waals surface area contributed by atoms with E-state index in [0.29, 0.717) is 24.2 Å². The van der Waals surface area contributed by atoms with Crippen LogP contribution in [-0.2, 0) is 13.0 Å². The molecule has 3 heterocycles. The average Bonchev–Trinajstić information content (AvgIpc) is 2.81. The summed E-state index contributed by atoms with van der Waals surface area (Å²) in [6.07, 6.45) is 13.6. The van der Waals surface area contributed by atoms with Crippen molar-refractivity contribution >= 4 is 21.7 Å². The van der Waals surface area contributed by atoms with Gasteiger partial charge in [-0.15, -0.1) is 0 Å². The second kappa shape index (κ2) is 9.69. The second-order valence-corrected chi connectivity index (χ2v) is 7.90. The van der Waals surface area contributed by atoms with Gasteiger partial charge in [0, 0.05) is 42.0 Å². The van der Waals surface area contributed by atoms with Crippen LogP contribution in [0.5, 0.6) is 5.88 Å². The molecule has 0 radical (unpaired) electrons. The van der Waals surface area contributed by atoms with E-state index >= 15 is 0 Å². The summed E-state index contributed by atoms with van der Waals surface area (Å²) in [6.45, 7) is 2.91. The largest absolute Gasteiger partial charge is 0.481 e. The smallest absolute Gasteiger partial charge is 0.261 e. The molecule has 0 atom stereocenters. The summed E-state index contributed by atoms with van der Waals surface area (Å²) < 4.78 is 6.91. The highest BCUT2D eigenvalue weighted by Crippen LogP contribution is 2.27. The summed E-state index contributed by atoms with van der Waals surface area (Å²) in [6, 6.07) is 7.77. The van der Waals surface area contributed by atoms with E-state index in [4.69, 9.17) is 4.74 Å². The topological polar surface area (TPSA) is 69.9 Å². The number of hydrogen-bond acceptors (Lipinski definition) is 5. The van der Waals surface area contributed by atoms with Gasteiger partial charge in [0.05, 0.1) is 24.3 Å². The summed E-state index contributed by atoms with van der Waals surface area (Å²) in [4.78, 5) is 26.5. The van der Waals surface area contributed by atoms with E-state index in [1.807, 2.05) is 36.7 Å². The minimum absolute atomic E-state index is 0.0216. The molecule has 6 heteroatoms. The molecule has 0 fully saturated rings. The fraction of sp³-hybridized carbons (Fsp3) is 0.360. The van der Waals surface area contributed by atoms with E-state index < -0.39 is 0 Å². The molecule has 160 valence electrons. The number of aromatic nitrogens is 4. The van der Waals surface area contributed by atoms with Gasteiger partial charge in [-0.05, 0) is 36.1 Å². The third-order valence-corrected chi connectivity index (χ3v) is 5.72. The molecule has 3 aromatic heterocycles. The van der Waals surface area contributed by atoms with E-state index in [0.717, 1.165) is 40.3 Å². The number of methoxy groups -OCH3 is 1. The zero-order valence-electron chi connectivity index (χ0n) is 18.2. The van der Waals surface area contributed by atoms with Crippen molar-refractivity contribution in [2.75, 3.05) is 7.11 Å².